The molecular weight excluding hydrogens is 499 g/mol. The van der Waals surface area contributed by atoms with Crippen molar-refractivity contribution in [2.75, 3.05) is 19.5 Å². The molecule has 0 unspecified atom stereocenters. The van der Waals surface area contributed by atoms with Gasteiger partial charge in [0.25, 0.3) is 5.91 Å². The highest BCUT2D eigenvalue weighted by Crippen LogP contribution is 2.37. The maximum atomic E-state index is 12.7. The van der Waals surface area contributed by atoms with Crippen molar-refractivity contribution in [1.82, 2.24) is 4.98 Å². The van der Waals surface area contributed by atoms with Gasteiger partial charge in [-0.1, -0.05) is 41.4 Å². The molecule has 36 heavy (non-hydrogen) atoms. The number of methoxy groups -OCH3 is 2. The Labute approximate surface area is 217 Å². The lowest BCUT2D eigenvalue weighted by Crippen LogP contribution is -2.12. The maximum absolute atomic E-state index is 12.7. The molecule has 0 fully saturated rings. The fourth-order valence-corrected chi connectivity index (χ4v) is 4.29. The molecule has 5 aromatic rings. The summed E-state index contributed by atoms with van der Waals surface area (Å²) < 4.78 is 17.0. The first kappa shape index (κ1) is 23.7. The number of nitrogens with zero attached hydrogens (tertiary/aromatic N) is 1. The second kappa shape index (κ2) is 9.93. The van der Waals surface area contributed by atoms with Gasteiger partial charge in [0.15, 0.2) is 11.5 Å². The number of hydrogen-bond donors (Lipinski definition) is 1. The number of halogens is 2. The van der Waals surface area contributed by atoms with Crippen LogP contribution in [0.4, 0.5) is 5.69 Å². The number of rotatable bonds is 6. The van der Waals surface area contributed by atoms with Crippen molar-refractivity contribution in [2.24, 2.45) is 0 Å². The minimum Gasteiger partial charge on any atom is -0.493 e. The first-order chi connectivity index (χ1) is 17.5. The summed E-state index contributed by atoms with van der Waals surface area (Å²) in [7, 11) is 3.17. The van der Waals surface area contributed by atoms with E-state index in [4.69, 9.17) is 37.4 Å². The Kier molecular flexibility index (Phi) is 6.55. The van der Waals surface area contributed by atoms with Crippen LogP contribution in [0.3, 0.4) is 0 Å². The summed E-state index contributed by atoms with van der Waals surface area (Å²) in [6.07, 6.45) is 1.69. The minimum absolute atomic E-state index is 0.221. The minimum atomic E-state index is -0.335. The summed E-state index contributed by atoms with van der Waals surface area (Å²) in [5.41, 5.74) is 1.68. The van der Waals surface area contributed by atoms with Gasteiger partial charge in [-0.15, -0.1) is 0 Å². The standard InChI is InChI=1S/C28H20Cl2N2O4/c1-34-25-14-21-23(15-26(25)35-2)31-11-10-24(21)36-19-9-7-16-12-18(8-6-17(16)13-19)32-28(33)20-4-3-5-22(29)27(20)30/h3-15H,1-2H3,(H,32,33). The van der Waals surface area contributed by atoms with Crippen molar-refractivity contribution in [2.45, 2.75) is 0 Å². The molecule has 8 heteroatoms. The number of aromatic nitrogens is 1. The van der Waals surface area contributed by atoms with E-state index in [-0.39, 0.29) is 10.9 Å². The Morgan fingerprint density at radius 2 is 1.58 bits per heavy atom. The highest BCUT2D eigenvalue weighted by molar-refractivity contribution is 6.44. The second-order valence-corrected chi connectivity index (χ2v) is 8.70. The van der Waals surface area contributed by atoms with Gasteiger partial charge >= 0.3 is 0 Å². The molecule has 0 saturated heterocycles. The molecule has 1 heterocycles. The Bertz CT molecular complexity index is 1620. The largest absolute Gasteiger partial charge is 0.493 e. The van der Waals surface area contributed by atoms with Gasteiger partial charge in [0.1, 0.15) is 11.5 Å². The Balaban J connectivity index is 1.41. The summed E-state index contributed by atoms with van der Waals surface area (Å²) in [5, 5.41) is 6.10. The van der Waals surface area contributed by atoms with Gasteiger partial charge in [-0.25, -0.2) is 0 Å². The predicted molar refractivity (Wildman–Crippen MR) is 143 cm³/mol. The number of carbonyl (C=O) groups is 1. The number of benzene rings is 4. The van der Waals surface area contributed by atoms with E-state index >= 15 is 0 Å². The summed E-state index contributed by atoms with van der Waals surface area (Å²) in [6.45, 7) is 0. The predicted octanol–water partition coefficient (Wildman–Crippen LogP) is 7.76. The number of anilines is 1. The van der Waals surface area contributed by atoms with E-state index < -0.39 is 0 Å². The van der Waals surface area contributed by atoms with E-state index in [0.29, 0.717) is 39.3 Å². The van der Waals surface area contributed by atoms with Crippen LogP contribution in [-0.2, 0) is 0 Å². The molecule has 0 bridgehead atoms. The van der Waals surface area contributed by atoms with Crippen LogP contribution in [0.25, 0.3) is 21.7 Å². The zero-order valence-corrected chi connectivity index (χ0v) is 20.9. The lowest BCUT2D eigenvalue weighted by Gasteiger charge is -2.13. The molecule has 4 aromatic carbocycles. The van der Waals surface area contributed by atoms with E-state index in [1.807, 2.05) is 48.5 Å². The van der Waals surface area contributed by atoms with Crippen molar-refractivity contribution in [3.8, 4) is 23.0 Å². The van der Waals surface area contributed by atoms with E-state index in [0.717, 1.165) is 21.7 Å². The Morgan fingerprint density at radius 1 is 0.833 bits per heavy atom. The molecule has 0 saturated carbocycles. The quantitative estimate of drug-likeness (QED) is 0.248. The zero-order chi connectivity index (χ0) is 25.2. The number of nitrogens with one attached hydrogen (secondary N) is 1. The van der Waals surface area contributed by atoms with Gasteiger partial charge in [-0.3, -0.25) is 9.78 Å². The van der Waals surface area contributed by atoms with Crippen LogP contribution in [-0.4, -0.2) is 25.1 Å². The number of hydrogen-bond acceptors (Lipinski definition) is 5. The van der Waals surface area contributed by atoms with Crippen LogP contribution in [0.5, 0.6) is 23.0 Å². The average Bonchev–Trinajstić information content (AvgIpc) is 2.89. The van der Waals surface area contributed by atoms with Gasteiger partial charge in [0.2, 0.25) is 0 Å². The average molecular weight is 519 g/mol. The summed E-state index contributed by atoms with van der Waals surface area (Å²) in [4.78, 5) is 17.1. The normalized spacial score (nSPS) is 10.9. The SMILES string of the molecule is COc1cc2nccc(Oc3ccc4cc(NC(=O)c5cccc(Cl)c5Cl)ccc4c3)c2cc1OC. The van der Waals surface area contributed by atoms with Crippen molar-refractivity contribution in [1.29, 1.82) is 0 Å². The molecule has 0 aliphatic carbocycles. The van der Waals surface area contributed by atoms with Gasteiger partial charge in [-0.2, -0.15) is 0 Å². The van der Waals surface area contributed by atoms with Crippen LogP contribution in [0, 0.1) is 0 Å². The van der Waals surface area contributed by atoms with Gasteiger partial charge in [0.05, 0.1) is 35.3 Å². The van der Waals surface area contributed by atoms with Crippen LogP contribution in [0.15, 0.2) is 79.0 Å². The van der Waals surface area contributed by atoms with E-state index in [1.165, 1.54) is 0 Å². The third-order valence-electron chi connectivity index (χ3n) is 5.70. The van der Waals surface area contributed by atoms with E-state index in [2.05, 4.69) is 10.3 Å². The molecule has 0 atom stereocenters. The number of pyridine rings is 1. The molecule has 0 spiro atoms. The first-order valence-corrected chi connectivity index (χ1v) is 11.7. The maximum Gasteiger partial charge on any atom is 0.257 e. The first-order valence-electron chi connectivity index (χ1n) is 10.9. The van der Waals surface area contributed by atoms with E-state index in [9.17, 15) is 4.79 Å². The Morgan fingerprint density at radius 3 is 2.39 bits per heavy atom. The van der Waals surface area contributed by atoms with Gasteiger partial charge in [0, 0.05) is 23.3 Å². The highest BCUT2D eigenvalue weighted by atomic mass is 35.5. The van der Waals surface area contributed by atoms with Crippen LogP contribution < -0.4 is 19.5 Å². The number of amides is 1. The van der Waals surface area contributed by atoms with Crippen molar-refractivity contribution >= 4 is 56.5 Å². The molecule has 6 nitrogen and oxygen atoms in total. The van der Waals surface area contributed by atoms with Gasteiger partial charge < -0.3 is 19.5 Å². The van der Waals surface area contributed by atoms with Crippen LogP contribution in [0.1, 0.15) is 10.4 Å². The monoisotopic (exact) mass is 518 g/mol. The third kappa shape index (κ3) is 4.61. The smallest absolute Gasteiger partial charge is 0.257 e. The second-order valence-electron chi connectivity index (χ2n) is 7.91. The molecule has 180 valence electrons. The summed E-state index contributed by atoms with van der Waals surface area (Å²) in [6, 6.07) is 21.8. The van der Waals surface area contributed by atoms with Crippen LogP contribution >= 0.6 is 23.2 Å². The molecule has 1 aromatic heterocycles. The number of ether oxygens (including phenoxy) is 3. The summed E-state index contributed by atoms with van der Waals surface area (Å²) in [5.74, 6) is 2.16. The molecule has 0 aliphatic heterocycles. The molecule has 0 radical (unpaired) electrons. The highest BCUT2D eigenvalue weighted by Gasteiger charge is 2.14. The van der Waals surface area contributed by atoms with Crippen molar-refractivity contribution < 1.29 is 19.0 Å². The topological polar surface area (TPSA) is 69.7 Å². The van der Waals surface area contributed by atoms with E-state index in [1.54, 1.807) is 44.7 Å². The third-order valence-corrected chi connectivity index (χ3v) is 6.52. The van der Waals surface area contributed by atoms with Crippen molar-refractivity contribution in [3.05, 3.63) is 94.6 Å². The zero-order valence-electron chi connectivity index (χ0n) is 19.3. The molecule has 0 aliphatic rings. The van der Waals surface area contributed by atoms with Crippen molar-refractivity contribution in [3.63, 3.8) is 0 Å². The fraction of sp³-hybridized carbons (Fsp3) is 0.0714. The molecule has 5 rings (SSSR count). The van der Waals surface area contributed by atoms with Gasteiger partial charge in [-0.05, 0) is 59.3 Å². The molecule has 1 amide bonds. The lowest BCUT2D eigenvalue weighted by molar-refractivity contribution is 0.102. The Hall–Kier alpha value is -4.00. The molecule has 1 N–H and O–H groups in total. The lowest BCUT2D eigenvalue weighted by atomic mass is 10.1. The van der Waals surface area contributed by atoms with Crippen LogP contribution in [0.2, 0.25) is 10.0 Å². The fourth-order valence-electron chi connectivity index (χ4n) is 3.91. The molecular formula is C28H20Cl2N2O4. The number of fused-ring (bicyclic) bond motifs is 2. The summed E-state index contributed by atoms with van der Waals surface area (Å²) >= 11 is 12.2. The number of carbonyl (C=O) groups excluding carboxylic acids is 1.